The van der Waals surface area contributed by atoms with Gasteiger partial charge in [0.05, 0.1) is 6.61 Å². The Morgan fingerprint density at radius 1 is 1.06 bits per heavy atom. The second-order valence-electron chi connectivity index (χ2n) is 3.86. The molecule has 0 aromatic carbocycles. The smallest absolute Gasteiger partial charge is 0.302 e. The Hall–Kier alpha value is -1.06. The van der Waals surface area contributed by atoms with Crippen LogP contribution in [0.2, 0.25) is 0 Å². The van der Waals surface area contributed by atoms with Crippen molar-refractivity contribution in [3.05, 3.63) is 0 Å². The van der Waals surface area contributed by atoms with Crippen molar-refractivity contribution in [2.45, 2.75) is 59.0 Å². The molecule has 0 saturated heterocycles. The lowest BCUT2D eigenvalue weighted by molar-refractivity contribution is -0.147. The Morgan fingerprint density at radius 2 is 1.75 bits per heavy atom. The van der Waals surface area contributed by atoms with Gasteiger partial charge in [-0.05, 0) is 25.7 Å². The summed E-state index contributed by atoms with van der Waals surface area (Å²) in [4.78, 5) is 21.3. The molecule has 94 valence electrons. The van der Waals surface area contributed by atoms with Crippen molar-refractivity contribution in [1.82, 2.24) is 0 Å². The van der Waals surface area contributed by atoms with Gasteiger partial charge in [0.15, 0.2) is 0 Å². The first kappa shape index (κ1) is 14.9. The van der Waals surface area contributed by atoms with Gasteiger partial charge in [-0.2, -0.15) is 0 Å². The van der Waals surface area contributed by atoms with Crippen LogP contribution in [0.25, 0.3) is 0 Å². The summed E-state index contributed by atoms with van der Waals surface area (Å²) in [5.74, 6) is -0.469. The van der Waals surface area contributed by atoms with Crippen LogP contribution in [0.5, 0.6) is 0 Å². The number of esters is 2. The molecule has 0 radical (unpaired) electrons. The molecule has 0 aromatic rings. The summed E-state index contributed by atoms with van der Waals surface area (Å²) < 4.78 is 9.99. The van der Waals surface area contributed by atoms with E-state index in [0.717, 1.165) is 32.1 Å². The third kappa shape index (κ3) is 9.49. The van der Waals surface area contributed by atoms with E-state index in [0.29, 0.717) is 6.61 Å². The first-order valence-corrected chi connectivity index (χ1v) is 5.86. The molecule has 0 bridgehead atoms. The Labute approximate surface area is 97.3 Å². The highest BCUT2D eigenvalue weighted by molar-refractivity contribution is 5.66. The summed E-state index contributed by atoms with van der Waals surface area (Å²) in [5.41, 5.74) is 0. The first-order chi connectivity index (χ1) is 7.56. The maximum absolute atomic E-state index is 10.8. The molecule has 0 amide bonds. The van der Waals surface area contributed by atoms with Crippen molar-refractivity contribution >= 4 is 11.9 Å². The lowest BCUT2D eigenvalue weighted by atomic mass is 10.1. The lowest BCUT2D eigenvalue weighted by Gasteiger charge is -2.15. The minimum atomic E-state index is -0.245. The van der Waals surface area contributed by atoms with Crippen molar-refractivity contribution < 1.29 is 19.1 Å². The van der Waals surface area contributed by atoms with Gasteiger partial charge in [-0.15, -0.1) is 0 Å². The molecule has 0 aliphatic heterocycles. The highest BCUT2D eigenvalue weighted by Gasteiger charge is 2.10. The largest absolute Gasteiger partial charge is 0.466 e. The Balaban J connectivity index is 3.59. The number of hydrogen-bond acceptors (Lipinski definition) is 4. The fraction of sp³-hybridized carbons (Fsp3) is 0.833. The third-order valence-electron chi connectivity index (χ3n) is 2.17. The van der Waals surface area contributed by atoms with E-state index in [-0.39, 0.29) is 18.0 Å². The van der Waals surface area contributed by atoms with Crippen LogP contribution in [0.1, 0.15) is 52.9 Å². The van der Waals surface area contributed by atoms with Gasteiger partial charge in [0.2, 0.25) is 0 Å². The fourth-order valence-corrected chi connectivity index (χ4v) is 1.51. The van der Waals surface area contributed by atoms with Crippen LogP contribution in [0.15, 0.2) is 0 Å². The Morgan fingerprint density at radius 3 is 2.25 bits per heavy atom. The number of unbranched alkanes of at least 4 members (excludes halogenated alkanes) is 1. The standard InChI is InChI=1S/C12H22O4/c1-4-7-12(16-11(3)14)8-5-6-9-15-10(2)13/h12H,4-9H2,1-3H3/t12-/m0/s1. The Kier molecular flexibility index (Phi) is 8.58. The van der Waals surface area contributed by atoms with E-state index >= 15 is 0 Å². The normalized spacial score (nSPS) is 11.9. The molecule has 0 spiro atoms. The predicted molar refractivity (Wildman–Crippen MR) is 60.9 cm³/mol. The molecule has 0 rings (SSSR count). The molecule has 4 heteroatoms. The first-order valence-electron chi connectivity index (χ1n) is 5.86. The predicted octanol–water partition coefficient (Wildman–Crippen LogP) is 2.45. The average molecular weight is 230 g/mol. The third-order valence-corrected chi connectivity index (χ3v) is 2.17. The molecule has 1 atom stereocenters. The van der Waals surface area contributed by atoms with Crippen molar-refractivity contribution in [2.24, 2.45) is 0 Å². The summed E-state index contributed by atoms with van der Waals surface area (Å²) in [7, 11) is 0. The molecule has 0 aliphatic carbocycles. The zero-order valence-electron chi connectivity index (χ0n) is 10.5. The Bertz CT molecular complexity index is 213. The van der Waals surface area contributed by atoms with Crippen LogP contribution in [0.3, 0.4) is 0 Å². The molecule has 16 heavy (non-hydrogen) atoms. The van der Waals surface area contributed by atoms with Crippen LogP contribution in [-0.4, -0.2) is 24.6 Å². The number of ether oxygens (including phenoxy) is 2. The van der Waals surface area contributed by atoms with Gasteiger partial charge in [-0.3, -0.25) is 9.59 Å². The molecule has 0 fully saturated rings. The van der Waals surface area contributed by atoms with Gasteiger partial charge < -0.3 is 9.47 Å². The topological polar surface area (TPSA) is 52.6 Å². The number of hydrogen-bond donors (Lipinski definition) is 0. The van der Waals surface area contributed by atoms with E-state index in [1.165, 1.54) is 13.8 Å². The molecule has 0 aliphatic rings. The second kappa shape index (κ2) is 9.19. The zero-order chi connectivity index (χ0) is 12.4. The van der Waals surface area contributed by atoms with Gasteiger partial charge in [0, 0.05) is 13.8 Å². The van der Waals surface area contributed by atoms with Gasteiger partial charge in [0.1, 0.15) is 6.10 Å². The zero-order valence-corrected chi connectivity index (χ0v) is 10.5. The van der Waals surface area contributed by atoms with Crippen LogP contribution in [0, 0.1) is 0 Å². The number of carbonyl (C=O) groups is 2. The summed E-state index contributed by atoms with van der Waals surface area (Å²) >= 11 is 0. The average Bonchev–Trinajstić information content (AvgIpc) is 2.16. The minimum absolute atomic E-state index is 0.0137. The summed E-state index contributed by atoms with van der Waals surface area (Å²) in [6.45, 7) is 5.35. The molecule has 0 saturated carbocycles. The van der Waals surface area contributed by atoms with Crippen LogP contribution >= 0.6 is 0 Å². The van der Waals surface area contributed by atoms with E-state index in [1.807, 2.05) is 0 Å². The molecule has 0 unspecified atom stereocenters. The van der Waals surface area contributed by atoms with Crippen LogP contribution in [-0.2, 0) is 19.1 Å². The number of carbonyl (C=O) groups excluding carboxylic acids is 2. The summed E-state index contributed by atoms with van der Waals surface area (Å²) in [5, 5.41) is 0. The van der Waals surface area contributed by atoms with Crippen molar-refractivity contribution in [3.63, 3.8) is 0 Å². The fourth-order valence-electron chi connectivity index (χ4n) is 1.51. The van der Waals surface area contributed by atoms with Crippen molar-refractivity contribution in [3.8, 4) is 0 Å². The summed E-state index contributed by atoms with van der Waals surface area (Å²) in [6, 6.07) is 0. The maximum atomic E-state index is 10.8. The monoisotopic (exact) mass is 230 g/mol. The SMILES string of the molecule is CCC[C@@H](CCCCOC(C)=O)OC(C)=O. The quantitative estimate of drug-likeness (QED) is 0.475. The highest BCUT2D eigenvalue weighted by Crippen LogP contribution is 2.11. The summed E-state index contributed by atoms with van der Waals surface area (Å²) in [6.07, 6.45) is 4.48. The van der Waals surface area contributed by atoms with Gasteiger partial charge in [-0.25, -0.2) is 0 Å². The molecular formula is C12H22O4. The van der Waals surface area contributed by atoms with Crippen LogP contribution in [0.4, 0.5) is 0 Å². The molecular weight excluding hydrogens is 208 g/mol. The van der Waals surface area contributed by atoms with E-state index < -0.39 is 0 Å². The van der Waals surface area contributed by atoms with E-state index in [1.54, 1.807) is 0 Å². The second-order valence-corrected chi connectivity index (χ2v) is 3.86. The molecule has 0 aromatic heterocycles. The highest BCUT2D eigenvalue weighted by atomic mass is 16.5. The molecule has 0 heterocycles. The van der Waals surface area contributed by atoms with E-state index in [4.69, 9.17) is 9.47 Å². The lowest BCUT2D eigenvalue weighted by Crippen LogP contribution is -2.16. The minimum Gasteiger partial charge on any atom is -0.466 e. The van der Waals surface area contributed by atoms with Gasteiger partial charge >= 0.3 is 11.9 Å². The molecule has 4 nitrogen and oxygen atoms in total. The van der Waals surface area contributed by atoms with E-state index in [9.17, 15) is 9.59 Å². The number of rotatable bonds is 8. The molecule has 0 N–H and O–H groups in total. The maximum Gasteiger partial charge on any atom is 0.302 e. The van der Waals surface area contributed by atoms with Crippen molar-refractivity contribution in [1.29, 1.82) is 0 Å². The van der Waals surface area contributed by atoms with Gasteiger partial charge in [-0.1, -0.05) is 13.3 Å². The van der Waals surface area contributed by atoms with E-state index in [2.05, 4.69) is 6.92 Å². The van der Waals surface area contributed by atoms with Crippen molar-refractivity contribution in [2.75, 3.05) is 6.61 Å². The van der Waals surface area contributed by atoms with Crippen LogP contribution < -0.4 is 0 Å². The van der Waals surface area contributed by atoms with Gasteiger partial charge in [0.25, 0.3) is 0 Å².